The highest BCUT2D eigenvalue weighted by Crippen LogP contribution is 2.28. The van der Waals surface area contributed by atoms with Gasteiger partial charge in [0.2, 0.25) is 0 Å². The molecule has 1 aromatic heterocycles. The summed E-state index contributed by atoms with van der Waals surface area (Å²) in [6.45, 7) is 1.51. The number of carbonyl (C=O) groups is 1. The van der Waals surface area contributed by atoms with Crippen molar-refractivity contribution in [3.05, 3.63) is 80.3 Å². The summed E-state index contributed by atoms with van der Waals surface area (Å²) < 4.78 is 1.19. The molecular formula is C17H12N2O5. The second kappa shape index (κ2) is 5.62. The predicted molar refractivity (Wildman–Crippen MR) is 87.9 cm³/mol. The molecule has 7 nitrogen and oxygen atoms in total. The van der Waals surface area contributed by atoms with Gasteiger partial charge in [0, 0.05) is 22.8 Å². The smallest absolute Gasteiger partial charge is 0.338 e. The number of non-ortho nitro benzene ring substituents is 1. The van der Waals surface area contributed by atoms with Gasteiger partial charge < -0.3 is 5.11 Å². The van der Waals surface area contributed by atoms with E-state index >= 15 is 0 Å². The SMILES string of the molecule is Cc1c(C(=O)O)c2cccc([N+](=O)[O-])c2c(=O)n1-c1ccccc1. The zero-order valence-corrected chi connectivity index (χ0v) is 12.6. The van der Waals surface area contributed by atoms with Crippen LogP contribution in [0.4, 0.5) is 5.69 Å². The molecule has 0 aliphatic rings. The predicted octanol–water partition coefficient (Wildman–Crippen LogP) is 2.91. The van der Waals surface area contributed by atoms with Gasteiger partial charge >= 0.3 is 5.97 Å². The Morgan fingerprint density at radius 3 is 2.38 bits per heavy atom. The zero-order valence-electron chi connectivity index (χ0n) is 12.6. The van der Waals surface area contributed by atoms with Gasteiger partial charge in [-0.15, -0.1) is 0 Å². The van der Waals surface area contributed by atoms with Gasteiger partial charge in [-0.2, -0.15) is 0 Å². The van der Waals surface area contributed by atoms with Gasteiger partial charge in [0.1, 0.15) is 5.39 Å². The maximum Gasteiger partial charge on any atom is 0.338 e. The number of nitrogens with zero attached hydrogens (tertiary/aromatic N) is 2. The van der Waals surface area contributed by atoms with Gasteiger partial charge in [0.05, 0.1) is 10.5 Å². The second-order valence-corrected chi connectivity index (χ2v) is 5.20. The van der Waals surface area contributed by atoms with E-state index in [9.17, 15) is 24.8 Å². The molecule has 0 amide bonds. The Morgan fingerprint density at radius 1 is 1.12 bits per heavy atom. The van der Waals surface area contributed by atoms with Gasteiger partial charge in [-0.05, 0) is 19.1 Å². The molecule has 120 valence electrons. The molecule has 2 aromatic carbocycles. The molecule has 0 saturated carbocycles. The fourth-order valence-electron chi connectivity index (χ4n) is 2.85. The molecule has 0 unspecified atom stereocenters. The Kier molecular flexibility index (Phi) is 3.61. The lowest BCUT2D eigenvalue weighted by Crippen LogP contribution is -2.24. The van der Waals surface area contributed by atoms with Gasteiger partial charge in [0.25, 0.3) is 11.2 Å². The van der Waals surface area contributed by atoms with Crippen LogP contribution in [-0.2, 0) is 0 Å². The van der Waals surface area contributed by atoms with E-state index in [0.29, 0.717) is 5.69 Å². The Labute approximate surface area is 135 Å². The van der Waals surface area contributed by atoms with Crippen molar-refractivity contribution in [1.82, 2.24) is 4.57 Å². The summed E-state index contributed by atoms with van der Waals surface area (Å²) in [6, 6.07) is 12.4. The summed E-state index contributed by atoms with van der Waals surface area (Å²) in [7, 11) is 0. The summed E-state index contributed by atoms with van der Waals surface area (Å²) in [4.78, 5) is 35.3. The first-order chi connectivity index (χ1) is 11.4. The molecule has 0 atom stereocenters. The summed E-state index contributed by atoms with van der Waals surface area (Å²) >= 11 is 0. The van der Waals surface area contributed by atoms with E-state index in [0.717, 1.165) is 0 Å². The van der Waals surface area contributed by atoms with E-state index < -0.39 is 22.1 Å². The minimum atomic E-state index is -1.25. The monoisotopic (exact) mass is 324 g/mol. The number of carboxylic acid groups (broad SMARTS) is 1. The Morgan fingerprint density at radius 2 is 1.79 bits per heavy atom. The molecule has 1 N–H and O–H groups in total. The highest BCUT2D eigenvalue weighted by molar-refractivity contribution is 6.06. The van der Waals surface area contributed by atoms with Crippen LogP contribution in [0.2, 0.25) is 0 Å². The zero-order chi connectivity index (χ0) is 17.4. The molecule has 0 fully saturated rings. The fourth-order valence-corrected chi connectivity index (χ4v) is 2.85. The van der Waals surface area contributed by atoms with E-state index in [2.05, 4.69) is 0 Å². The third kappa shape index (κ3) is 2.23. The molecule has 24 heavy (non-hydrogen) atoms. The summed E-state index contributed by atoms with van der Waals surface area (Å²) in [5.41, 5.74) is -0.498. The van der Waals surface area contributed by atoms with E-state index in [4.69, 9.17) is 0 Å². The van der Waals surface area contributed by atoms with Crippen molar-refractivity contribution in [2.45, 2.75) is 6.92 Å². The molecule has 0 radical (unpaired) electrons. The largest absolute Gasteiger partial charge is 0.478 e. The van der Waals surface area contributed by atoms with Crippen LogP contribution in [-0.4, -0.2) is 20.6 Å². The number of pyridine rings is 1. The van der Waals surface area contributed by atoms with Crippen molar-refractivity contribution in [3.8, 4) is 5.69 Å². The number of hydrogen-bond donors (Lipinski definition) is 1. The van der Waals surface area contributed by atoms with Crippen LogP contribution in [0.5, 0.6) is 0 Å². The Balaban J connectivity index is 2.60. The van der Waals surface area contributed by atoms with Gasteiger partial charge in [0.15, 0.2) is 0 Å². The summed E-state index contributed by atoms with van der Waals surface area (Å²) in [5, 5.41) is 20.7. The molecule has 0 aliphatic heterocycles. The molecule has 0 saturated heterocycles. The number of aromatic nitrogens is 1. The average Bonchev–Trinajstić information content (AvgIpc) is 2.55. The highest BCUT2D eigenvalue weighted by Gasteiger charge is 2.25. The molecule has 1 heterocycles. The van der Waals surface area contributed by atoms with Crippen molar-refractivity contribution in [2.75, 3.05) is 0 Å². The summed E-state index contributed by atoms with van der Waals surface area (Å²) in [5.74, 6) is -1.25. The minimum absolute atomic E-state index is 0.0615. The Bertz CT molecular complexity index is 1040. The quantitative estimate of drug-likeness (QED) is 0.589. The maximum atomic E-state index is 12.9. The molecule has 0 spiro atoms. The number of aromatic carboxylic acids is 1. The van der Waals surface area contributed by atoms with Crippen LogP contribution in [0, 0.1) is 17.0 Å². The first kappa shape index (κ1) is 15.4. The van der Waals surface area contributed by atoms with E-state index in [1.807, 2.05) is 0 Å². The van der Waals surface area contributed by atoms with E-state index in [1.54, 1.807) is 30.3 Å². The molecular weight excluding hydrogens is 312 g/mol. The molecule has 7 heteroatoms. The number of hydrogen-bond acceptors (Lipinski definition) is 4. The first-order valence-electron chi connectivity index (χ1n) is 7.05. The first-order valence-corrected chi connectivity index (χ1v) is 7.05. The van der Waals surface area contributed by atoms with Crippen LogP contribution in [0.15, 0.2) is 53.3 Å². The lowest BCUT2D eigenvalue weighted by molar-refractivity contribution is -0.383. The number of benzene rings is 2. The normalized spacial score (nSPS) is 10.7. The number of nitro benzene ring substituents is 1. The van der Waals surface area contributed by atoms with Crippen LogP contribution in [0.3, 0.4) is 0 Å². The van der Waals surface area contributed by atoms with E-state index in [-0.39, 0.29) is 22.0 Å². The number of carboxylic acids is 1. The standard InChI is InChI=1S/C17H12N2O5/c1-10-14(17(21)22)12-8-5-9-13(19(23)24)15(12)16(20)18(10)11-6-3-2-4-7-11/h2-9H,1H3,(H,21,22). The van der Waals surface area contributed by atoms with Crippen molar-refractivity contribution in [1.29, 1.82) is 0 Å². The van der Waals surface area contributed by atoms with Crippen LogP contribution < -0.4 is 5.56 Å². The van der Waals surface area contributed by atoms with E-state index in [1.165, 1.54) is 29.7 Å². The van der Waals surface area contributed by atoms with Gasteiger partial charge in [-0.1, -0.05) is 30.3 Å². The second-order valence-electron chi connectivity index (χ2n) is 5.20. The lowest BCUT2D eigenvalue weighted by Gasteiger charge is -2.15. The van der Waals surface area contributed by atoms with Crippen molar-refractivity contribution in [3.63, 3.8) is 0 Å². The van der Waals surface area contributed by atoms with Crippen LogP contribution >= 0.6 is 0 Å². The molecule has 3 rings (SSSR count). The number of nitro groups is 1. The Hall–Kier alpha value is -3.48. The third-order valence-corrected chi connectivity index (χ3v) is 3.85. The van der Waals surface area contributed by atoms with Gasteiger partial charge in [-0.25, -0.2) is 4.79 Å². The number of para-hydroxylation sites is 1. The van der Waals surface area contributed by atoms with Crippen molar-refractivity contribution >= 4 is 22.4 Å². The van der Waals surface area contributed by atoms with Crippen LogP contribution in [0.25, 0.3) is 16.5 Å². The summed E-state index contributed by atoms with van der Waals surface area (Å²) in [6.07, 6.45) is 0. The topological polar surface area (TPSA) is 102 Å². The lowest BCUT2D eigenvalue weighted by atomic mass is 10.0. The van der Waals surface area contributed by atoms with Crippen molar-refractivity contribution in [2.24, 2.45) is 0 Å². The van der Waals surface area contributed by atoms with Crippen molar-refractivity contribution < 1.29 is 14.8 Å². The minimum Gasteiger partial charge on any atom is -0.478 e. The number of rotatable bonds is 3. The number of fused-ring (bicyclic) bond motifs is 1. The maximum absolute atomic E-state index is 12.9. The molecule has 0 aliphatic carbocycles. The van der Waals surface area contributed by atoms with Gasteiger partial charge in [-0.3, -0.25) is 19.5 Å². The third-order valence-electron chi connectivity index (χ3n) is 3.85. The molecule has 0 bridgehead atoms. The average molecular weight is 324 g/mol. The highest BCUT2D eigenvalue weighted by atomic mass is 16.6. The molecule has 3 aromatic rings. The fraction of sp³-hybridized carbons (Fsp3) is 0.0588. The van der Waals surface area contributed by atoms with Crippen LogP contribution in [0.1, 0.15) is 16.1 Å².